The van der Waals surface area contributed by atoms with Gasteiger partial charge in [0.05, 0.1) is 15.7 Å². The lowest BCUT2D eigenvalue weighted by molar-refractivity contribution is -0.166. The van der Waals surface area contributed by atoms with E-state index in [0.717, 1.165) is 12.1 Å². The van der Waals surface area contributed by atoms with Crippen molar-refractivity contribution in [1.82, 2.24) is 0 Å². The predicted octanol–water partition coefficient (Wildman–Crippen LogP) is 2.05. The molecule has 0 atom stereocenters. The van der Waals surface area contributed by atoms with Crippen LogP contribution in [0.3, 0.4) is 0 Å². The summed E-state index contributed by atoms with van der Waals surface area (Å²) >= 11 is 0. The minimum atomic E-state index is -4.24. The third-order valence-electron chi connectivity index (χ3n) is 2.42. The highest BCUT2D eigenvalue weighted by Gasteiger charge is 2.45. The number of benzene rings is 1. The van der Waals surface area contributed by atoms with Crippen LogP contribution in [0.1, 0.15) is 19.4 Å². The van der Waals surface area contributed by atoms with Crippen molar-refractivity contribution in [3.63, 3.8) is 0 Å². The highest BCUT2D eigenvalue weighted by atomic mass is 32.2. The van der Waals surface area contributed by atoms with E-state index in [1.807, 2.05) is 0 Å². The van der Waals surface area contributed by atoms with Gasteiger partial charge in [0.2, 0.25) is 0 Å². The standard InChI is InChI=1S/C11H12F2O4S/c1-7(2)18(16,17)9-6-4-3-5-8(9)11(12,13)10(14)15/h3-7H,1-2H3,(H,14,15). The molecule has 0 bridgehead atoms. The normalized spacial score (nSPS) is 12.7. The van der Waals surface area contributed by atoms with E-state index in [4.69, 9.17) is 5.11 Å². The summed E-state index contributed by atoms with van der Waals surface area (Å²) in [4.78, 5) is 9.88. The van der Waals surface area contributed by atoms with Gasteiger partial charge in [-0.15, -0.1) is 0 Å². The molecule has 0 aliphatic carbocycles. The average molecular weight is 278 g/mol. The second-order valence-electron chi connectivity index (χ2n) is 3.97. The van der Waals surface area contributed by atoms with Crippen molar-refractivity contribution in [3.8, 4) is 0 Å². The van der Waals surface area contributed by atoms with E-state index in [1.165, 1.54) is 26.0 Å². The lowest BCUT2D eigenvalue weighted by atomic mass is 10.1. The van der Waals surface area contributed by atoms with Gasteiger partial charge in [-0.25, -0.2) is 13.2 Å². The van der Waals surface area contributed by atoms with Crippen molar-refractivity contribution in [3.05, 3.63) is 29.8 Å². The van der Waals surface area contributed by atoms with Crippen LogP contribution >= 0.6 is 0 Å². The molecule has 0 aliphatic rings. The molecule has 1 aromatic rings. The maximum Gasteiger partial charge on any atom is 0.379 e. The molecule has 0 saturated carbocycles. The zero-order chi connectivity index (χ0) is 14.1. The first-order chi connectivity index (χ1) is 8.11. The van der Waals surface area contributed by atoms with Crippen molar-refractivity contribution in [2.75, 3.05) is 0 Å². The number of hydrogen-bond acceptors (Lipinski definition) is 3. The van der Waals surface area contributed by atoms with Crippen LogP contribution in [0.4, 0.5) is 8.78 Å². The maximum atomic E-state index is 13.5. The summed E-state index contributed by atoms with van der Waals surface area (Å²) in [5.41, 5.74) is -1.01. The quantitative estimate of drug-likeness (QED) is 0.915. The number of carbonyl (C=O) groups is 1. The molecule has 0 spiro atoms. The predicted molar refractivity (Wildman–Crippen MR) is 60.3 cm³/mol. The summed E-state index contributed by atoms with van der Waals surface area (Å²) in [6.45, 7) is 2.68. The Balaban J connectivity index is 3.56. The molecule has 1 N–H and O–H groups in total. The van der Waals surface area contributed by atoms with Crippen molar-refractivity contribution in [2.45, 2.75) is 29.9 Å². The number of carboxylic acid groups (broad SMARTS) is 1. The topological polar surface area (TPSA) is 71.4 Å². The average Bonchev–Trinajstić information content (AvgIpc) is 2.28. The number of halogens is 2. The van der Waals surface area contributed by atoms with Crippen LogP contribution in [-0.2, 0) is 20.6 Å². The van der Waals surface area contributed by atoms with Crippen molar-refractivity contribution in [2.24, 2.45) is 0 Å². The first-order valence-electron chi connectivity index (χ1n) is 5.06. The number of sulfone groups is 1. The van der Waals surface area contributed by atoms with Gasteiger partial charge in [0.15, 0.2) is 9.84 Å². The van der Waals surface area contributed by atoms with Gasteiger partial charge in [-0.3, -0.25) is 0 Å². The number of rotatable bonds is 4. The molecule has 0 aromatic heterocycles. The molecule has 0 fully saturated rings. The molecule has 0 unspecified atom stereocenters. The smallest absolute Gasteiger partial charge is 0.379 e. The van der Waals surface area contributed by atoms with E-state index in [0.29, 0.717) is 0 Å². The van der Waals surface area contributed by atoms with E-state index in [2.05, 4.69) is 0 Å². The summed E-state index contributed by atoms with van der Waals surface area (Å²) in [7, 11) is -3.97. The monoisotopic (exact) mass is 278 g/mol. The zero-order valence-electron chi connectivity index (χ0n) is 9.72. The molecule has 0 amide bonds. The molecular formula is C11H12F2O4S. The molecule has 0 saturated heterocycles. The summed E-state index contributed by atoms with van der Waals surface area (Å²) in [6.07, 6.45) is 0. The Morgan fingerprint density at radius 1 is 1.28 bits per heavy atom. The Hall–Kier alpha value is -1.50. The van der Waals surface area contributed by atoms with Crippen LogP contribution in [0.15, 0.2) is 29.2 Å². The maximum absolute atomic E-state index is 13.5. The van der Waals surface area contributed by atoms with Crippen LogP contribution in [0.2, 0.25) is 0 Å². The fraction of sp³-hybridized carbons (Fsp3) is 0.364. The molecule has 7 heteroatoms. The molecule has 0 radical (unpaired) electrons. The Morgan fingerprint density at radius 3 is 2.22 bits per heavy atom. The SMILES string of the molecule is CC(C)S(=O)(=O)c1ccccc1C(F)(F)C(=O)O. The van der Waals surface area contributed by atoms with Gasteiger partial charge in [-0.05, 0) is 19.9 Å². The highest BCUT2D eigenvalue weighted by molar-refractivity contribution is 7.92. The van der Waals surface area contributed by atoms with Gasteiger partial charge < -0.3 is 5.11 Å². The first kappa shape index (κ1) is 14.6. The first-order valence-corrected chi connectivity index (χ1v) is 6.61. The van der Waals surface area contributed by atoms with Crippen molar-refractivity contribution < 1.29 is 27.1 Å². The summed E-state index contributed by atoms with van der Waals surface area (Å²) in [5.74, 6) is -6.62. The Morgan fingerprint density at radius 2 is 1.78 bits per heavy atom. The minimum Gasteiger partial charge on any atom is -0.477 e. The fourth-order valence-corrected chi connectivity index (χ4v) is 2.62. The van der Waals surface area contributed by atoms with Crippen molar-refractivity contribution >= 4 is 15.8 Å². The number of hydrogen-bond donors (Lipinski definition) is 1. The van der Waals surface area contributed by atoms with Crippen LogP contribution in [0.5, 0.6) is 0 Å². The zero-order valence-corrected chi connectivity index (χ0v) is 10.5. The van der Waals surface area contributed by atoms with Crippen LogP contribution in [0.25, 0.3) is 0 Å². The van der Waals surface area contributed by atoms with E-state index < -0.39 is 37.4 Å². The van der Waals surface area contributed by atoms with Gasteiger partial charge in [-0.1, -0.05) is 18.2 Å². The van der Waals surface area contributed by atoms with Crippen LogP contribution in [0, 0.1) is 0 Å². The molecule has 1 rings (SSSR count). The molecule has 100 valence electrons. The third kappa shape index (κ3) is 2.35. The largest absolute Gasteiger partial charge is 0.477 e. The van der Waals surface area contributed by atoms with E-state index in [9.17, 15) is 22.0 Å². The van der Waals surface area contributed by atoms with Crippen molar-refractivity contribution in [1.29, 1.82) is 0 Å². The highest BCUT2D eigenvalue weighted by Crippen LogP contribution is 2.34. The van der Waals surface area contributed by atoms with E-state index in [-0.39, 0.29) is 0 Å². The van der Waals surface area contributed by atoms with Gasteiger partial charge in [-0.2, -0.15) is 8.78 Å². The third-order valence-corrected chi connectivity index (χ3v) is 4.63. The molecule has 1 aromatic carbocycles. The van der Waals surface area contributed by atoms with Gasteiger partial charge in [0, 0.05) is 0 Å². The molecular weight excluding hydrogens is 266 g/mol. The lowest BCUT2D eigenvalue weighted by Crippen LogP contribution is -2.29. The lowest BCUT2D eigenvalue weighted by Gasteiger charge is -2.17. The summed E-state index contributed by atoms with van der Waals surface area (Å²) in [6, 6.07) is 4.24. The van der Waals surface area contributed by atoms with Crippen LogP contribution < -0.4 is 0 Å². The Kier molecular flexibility index (Phi) is 3.75. The summed E-state index contributed by atoms with van der Waals surface area (Å²) in [5, 5.41) is 7.56. The second kappa shape index (κ2) is 4.64. The van der Waals surface area contributed by atoms with Gasteiger partial charge in [0.25, 0.3) is 0 Å². The Labute approximate surface area is 103 Å². The Bertz CT molecular complexity index is 564. The van der Waals surface area contributed by atoms with E-state index >= 15 is 0 Å². The second-order valence-corrected chi connectivity index (χ2v) is 6.44. The molecule has 0 aliphatic heterocycles. The number of alkyl halides is 2. The minimum absolute atomic E-state index is 0.646. The summed E-state index contributed by atoms with van der Waals surface area (Å²) < 4.78 is 50.7. The molecule has 4 nitrogen and oxygen atoms in total. The van der Waals surface area contributed by atoms with Gasteiger partial charge >= 0.3 is 11.9 Å². The molecule has 0 heterocycles. The molecule has 18 heavy (non-hydrogen) atoms. The number of aliphatic carboxylic acids is 1. The fourth-order valence-electron chi connectivity index (χ4n) is 1.34. The van der Waals surface area contributed by atoms with Gasteiger partial charge in [0.1, 0.15) is 0 Å². The van der Waals surface area contributed by atoms with E-state index in [1.54, 1.807) is 0 Å². The number of carboxylic acids is 1. The van der Waals surface area contributed by atoms with Crippen LogP contribution in [-0.4, -0.2) is 24.7 Å².